The predicted molar refractivity (Wildman–Crippen MR) is 43.4 cm³/mol. The topological polar surface area (TPSA) is 17.3 Å². The van der Waals surface area contributed by atoms with E-state index in [1.165, 1.54) is 25.9 Å². The van der Waals surface area contributed by atoms with Crippen LogP contribution in [0.1, 0.15) is 12.8 Å². The van der Waals surface area contributed by atoms with Crippen LogP contribution < -0.4 is 5.32 Å². The standard InChI is InChI=1S/C9H15N2/c1-2-9(1)11-5-7-3-10-4-8(7)6-11/h7-9H,1-6H2. The number of fused-ring (bicyclic) bond motifs is 1. The fourth-order valence-electron chi connectivity index (χ4n) is 2.53. The fourth-order valence-corrected chi connectivity index (χ4v) is 2.53. The molecule has 2 atom stereocenters. The molecule has 1 saturated carbocycles. The second-order valence-corrected chi connectivity index (χ2v) is 4.29. The van der Waals surface area contributed by atoms with Gasteiger partial charge in [-0.25, -0.2) is 5.32 Å². The first-order valence-electron chi connectivity index (χ1n) is 4.81. The van der Waals surface area contributed by atoms with Crippen molar-refractivity contribution in [2.75, 3.05) is 26.2 Å². The molecule has 1 aliphatic carbocycles. The van der Waals surface area contributed by atoms with Crippen molar-refractivity contribution in [3.63, 3.8) is 0 Å². The number of hydrogen-bond acceptors (Lipinski definition) is 1. The van der Waals surface area contributed by atoms with Crippen LogP contribution in [-0.2, 0) is 0 Å². The molecule has 3 rings (SSSR count). The Bertz CT molecular complexity index is 153. The maximum absolute atomic E-state index is 4.46. The summed E-state index contributed by atoms with van der Waals surface area (Å²) < 4.78 is 0. The molecular weight excluding hydrogens is 136 g/mol. The molecule has 2 heteroatoms. The summed E-state index contributed by atoms with van der Waals surface area (Å²) in [7, 11) is 0. The first-order chi connectivity index (χ1) is 5.43. The SMILES string of the molecule is C1[N]CC2CN(C3CC3)CC12. The molecule has 3 fully saturated rings. The summed E-state index contributed by atoms with van der Waals surface area (Å²) >= 11 is 0. The Morgan fingerprint density at radius 3 is 2.18 bits per heavy atom. The van der Waals surface area contributed by atoms with Crippen molar-refractivity contribution in [1.82, 2.24) is 10.2 Å². The zero-order valence-electron chi connectivity index (χ0n) is 6.87. The highest BCUT2D eigenvalue weighted by Crippen LogP contribution is 2.35. The third kappa shape index (κ3) is 1.00. The van der Waals surface area contributed by atoms with Crippen molar-refractivity contribution in [1.29, 1.82) is 0 Å². The van der Waals surface area contributed by atoms with Crippen LogP contribution in [0.15, 0.2) is 0 Å². The second kappa shape index (κ2) is 2.20. The van der Waals surface area contributed by atoms with E-state index in [-0.39, 0.29) is 0 Å². The van der Waals surface area contributed by atoms with Gasteiger partial charge in [-0.15, -0.1) is 0 Å². The summed E-state index contributed by atoms with van der Waals surface area (Å²) in [5.74, 6) is 1.88. The van der Waals surface area contributed by atoms with Crippen LogP contribution >= 0.6 is 0 Å². The molecule has 11 heavy (non-hydrogen) atoms. The van der Waals surface area contributed by atoms with E-state index in [1.54, 1.807) is 0 Å². The van der Waals surface area contributed by atoms with E-state index in [2.05, 4.69) is 10.2 Å². The Labute approximate surface area is 68.0 Å². The smallest absolute Gasteiger partial charge is 0.0177 e. The summed E-state index contributed by atoms with van der Waals surface area (Å²) in [5.41, 5.74) is 0. The lowest BCUT2D eigenvalue weighted by atomic mass is 10.0. The van der Waals surface area contributed by atoms with Gasteiger partial charge in [0.2, 0.25) is 0 Å². The minimum Gasteiger partial charge on any atom is -0.300 e. The van der Waals surface area contributed by atoms with Gasteiger partial charge in [-0.3, -0.25) is 4.90 Å². The first-order valence-corrected chi connectivity index (χ1v) is 4.81. The molecule has 0 aromatic carbocycles. The molecule has 2 aliphatic heterocycles. The third-order valence-electron chi connectivity index (χ3n) is 3.40. The summed E-state index contributed by atoms with van der Waals surface area (Å²) in [6.07, 6.45) is 2.94. The summed E-state index contributed by atoms with van der Waals surface area (Å²) in [4.78, 5) is 2.70. The van der Waals surface area contributed by atoms with Crippen molar-refractivity contribution in [3.05, 3.63) is 0 Å². The number of hydrogen-bond donors (Lipinski definition) is 0. The molecule has 0 bridgehead atoms. The van der Waals surface area contributed by atoms with Gasteiger partial charge in [0.25, 0.3) is 0 Å². The lowest BCUT2D eigenvalue weighted by Crippen LogP contribution is -2.26. The average Bonchev–Trinajstić information content (AvgIpc) is 2.60. The zero-order valence-corrected chi connectivity index (χ0v) is 6.87. The average molecular weight is 151 g/mol. The summed E-state index contributed by atoms with van der Waals surface area (Å²) in [6, 6.07) is 0.987. The van der Waals surface area contributed by atoms with Gasteiger partial charge in [0.15, 0.2) is 0 Å². The maximum Gasteiger partial charge on any atom is 0.0177 e. The van der Waals surface area contributed by atoms with Crippen LogP contribution in [0, 0.1) is 11.8 Å². The van der Waals surface area contributed by atoms with E-state index < -0.39 is 0 Å². The largest absolute Gasteiger partial charge is 0.300 e. The normalized spacial score (nSPS) is 44.7. The molecule has 2 unspecified atom stereocenters. The van der Waals surface area contributed by atoms with E-state index in [9.17, 15) is 0 Å². The van der Waals surface area contributed by atoms with E-state index in [1.807, 2.05) is 0 Å². The van der Waals surface area contributed by atoms with Gasteiger partial charge in [-0.2, -0.15) is 0 Å². The molecule has 3 aliphatic rings. The molecule has 1 radical (unpaired) electrons. The molecule has 0 amide bonds. The Balaban J connectivity index is 1.67. The van der Waals surface area contributed by atoms with Crippen LogP contribution in [0.5, 0.6) is 0 Å². The van der Waals surface area contributed by atoms with Gasteiger partial charge in [0.05, 0.1) is 0 Å². The third-order valence-corrected chi connectivity index (χ3v) is 3.40. The maximum atomic E-state index is 4.46. The highest BCUT2D eigenvalue weighted by molar-refractivity contribution is 4.96. The van der Waals surface area contributed by atoms with Gasteiger partial charge >= 0.3 is 0 Å². The minimum absolute atomic E-state index is 0.940. The van der Waals surface area contributed by atoms with Gasteiger partial charge in [-0.1, -0.05) is 0 Å². The van der Waals surface area contributed by atoms with Crippen molar-refractivity contribution in [2.45, 2.75) is 18.9 Å². The predicted octanol–water partition coefficient (Wildman–Crippen LogP) is 0.315. The van der Waals surface area contributed by atoms with Crippen molar-refractivity contribution < 1.29 is 0 Å². The summed E-state index contributed by atoms with van der Waals surface area (Å²) in [6.45, 7) is 5.04. The lowest BCUT2D eigenvalue weighted by molar-refractivity contribution is 0.303. The molecule has 2 nitrogen and oxygen atoms in total. The quantitative estimate of drug-likeness (QED) is 0.527. The molecule has 0 aromatic rings. The fraction of sp³-hybridized carbons (Fsp3) is 1.00. The number of rotatable bonds is 1. The van der Waals surface area contributed by atoms with E-state index in [4.69, 9.17) is 0 Å². The lowest BCUT2D eigenvalue weighted by Gasteiger charge is -2.14. The highest BCUT2D eigenvalue weighted by atomic mass is 15.2. The highest BCUT2D eigenvalue weighted by Gasteiger charge is 2.41. The van der Waals surface area contributed by atoms with E-state index in [0.717, 1.165) is 31.0 Å². The Hall–Kier alpha value is -0.0800. The number of nitrogens with zero attached hydrogens (tertiary/aromatic N) is 2. The van der Waals surface area contributed by atoms with Crippen molar-refractivity contribution in [2.24, 2.45) is 11.8 Å². The van der Waals surface area contributed by atoms with Crippen molar-refractivity contribution in [3.8, 4) is 0 Å². The van der Waals surface area contributed by atoms with Crippen LogP contribution in [-0.4, -0.2) is 37.1 Å². The zero-order chi connectivity index (χ0) is 7.26. The van der Waals surface area contributed by atoms with Crippen LogP contribution in [0.2, 0.25) is 0 Å². The van der Waals surface area contributed by atoms with Crippen LogP contribution in [0.3, 0.4) is 0 Å². The van der Waals surface area contributed by atoms with Gasteiger partial charge in [0.1, 0.15) is 0 Å². The second-order valence-electron chi connectivity index (χ2n) is 4.29. The van der Waals surface area contributed by atoms with Crippen LogP contribution in [0.25, 0.3) is 0 Å². The van der Waals surface area contributed by atoms with Crippen LogP contribution in [0.4, 0.5) is 0 Å². The molecule has 0 spiro atoms. The Morgan fingerprint density at radius 2 is 1.64 bits per heavy atom. The molecule has 2 heterocycles. The van der Waals surface area contributed by atoms with Gasteiger partial charge in [-0.05, 0) is 24.7 Å². The first kappa shape index (κ1) is 6.44. The van der Waals surface area contributed by atoms with E-state index >= 15 is 0 Å². The molecule has 61 valence electrons. The van der Waals surface area contributed by atoms with E-state index in [0.29, 0.717) is 0 Å². The molecular formula is C9H15N2. The minimum atomic E-state index is 0.940. The molecule has 2 saturated heterocycles. The molecule has 0 N–H and O–H groups in total. The van der Waals surface area contributed by atoms with Gasteiger partial charge < -0.3 is 0 Å². The van der Waals surface area contributed by atoms with Gasteiger partial charge in [0, 0.05) is 32.2 Å². The Morgan fingerprint density at radius 1 is 1.00 bits per heavy atom. The number of likely N-dealkylation sites (tertiary alicyclic amines) is 1. The van der Waals surface area contributed by atoms with Crippen molar-refractivity contribution >= 4 is 0 Å². The Kier molecular flexibility index (Phi) is 1.29. The molecule has 0 aromatic heterocycles. The summed E-state index contributed by atoms with van der Waals surface area (Å²) in [5, 5.41) is 4.46. The monoisotopic (exact) mass is 151 g/mol.